The fourth-order valence-corrected chi connectivity index (χ4v) is 2.65. The van der Waals surface area contributed by atoms with Crippen LogP contribution in [0, 0.1) is 5.92 Å². The second-order valence-electron chi connectivity index (χ2n) is 3.43. The largest absolute Gasteiger partial charge is 0.396 e. The molecule has 1 N–H and O–H groups in total. The van der Waals surface area contributed by atoms with Gasteiger partial charge in [0.25, 0.3) is 0 Å². The Hall–Kier alpha value is -0.350. The molecule has 1 fully saturated rings. The first-order valence-electron chi connectivity index (χ1n) is 3.92. The van der Waals surface area contributed by atoms with E-state index in [0.29, 0.717) is 12.8 Å². The van der Waals surface area contributed by atoms with E-state index in [1.165, 1.54) is 6.26 Å². The van der Waals surface area contributed by atoms with E-state index >= 15 is 0 Å². The summed E-state index contributed by atoms with van der Waals surface area (Å²) in [6.07, 6.45) is 2.29. The van der Waals surface area contributed by atoms with Crippen molar-refractivity contribution in [3.05, 3.63) is 12.2 Å². The highest BCUT2D eigenvalue weighted by atomic mass is 32.2. The first-order chi connectivity index (χ1) is 5.45. The molecule has 0 aromatic carbocycles. The van der Waals surface area contributed by atoms with Crippen molar-refractivity contribution < 1.29 is 13.5 Å². The molecule has 0 spiro atoms. The second-order valence-corrected chi connectivity index (χ2v) is 5.75. The fraction of sp³-hybridized carbons (Fsp3) is 0.750. The Morgan fingerprint density at radius 2 is 2.25 bits per heavy atom. The van der Waals surface area contributed by atoms with Crippen molar-refractivity contribution in [1.29, 1.82) is 0 Å². The van der Waals surface area contributed by atoms with Gasteiger partial charge in [-0.1, -0.05) is 12.2 Å². The Kier molecular flexibility index (Phi) is 2.58. The molecular formula is C8H14O3S. The quantitative estimate of drug-likeness (QED) is 0.640. The summed E-state index contributed by atoms with van der Waals surface area (Å²) in [5, 5.41) is 8.55. The molecule has 0 amide bonds. The minimum Gasteiger partial charge on any atom is -0.396 e. The Morgan fingerprint density at radius 1 is 1.67 bits per heavy atom. The highest BCUT2D eigenvalue weighted by Gasteiger charge is 2.33. The van der Waals surface area contributed by atoms with E-state index in [1.54, 1.807) is 0 Å². The van der Waals surface area contributed by atoms with Gasteiger partial charge in [0.1, 0.15) is 0 Å². The van der Waals surface area contributed by atoms with Crippen LogP contribution in [-0.2, 0) is 9.84 Å². The van der Waals surface area contributed by atoms with E-state index in [9.17, 15) is 8.42 Å². The first kappa shape index (κ1) is 9.74. The molecule has 0 aliphatic heterocycles. The summed E-state index contributed by atoms with van der Waals surface area (Å²) in [6, 6.07) is 0. The highest BCUT2D eigenvalue weighted by Crippen LogP contribution is 2.33. The number of sulfone groups is 1. The molecule has 1 rings (SSSR count). The van der Waals surface area contributed by atoms with Crippen molar-refractivity contribution in [3.8, 4) is 0 Å². The van der Waals surface area contributed by atoms with Crippen molar-refractivity contribution in [1.82, 2.24) is 0 Å². The maximum absolute atomic E-state index is 11.1. The zero-order chi connectivity index (χ0) is 9.35. The lowest BCUT2D eigenvalue weighted by Crippen LogP contribution is -2.16. The predicted molar refractivity (Wildman–Crippen MR) is 47.6 cm³/mol. The Labute approximate surface area is 73.0 Å². The molecule has 0 radical (unpaired) electrons. The molecule has 12 heavy (non-hydrogen) atoms. The molecule has 1 saturated carbocycles. The molecule has 4 heteroatoms. The van der Waals surface area contributed by atoms with Gasteiger partial charge in [-0.2, -0.15) is 0 Å². The van der Waals surface area contributed by atoms with Gasteiger partial charge < -0.3 is 5.11 Å². The molecule has 0 heterocycles. The monoisotopic (exact) mass is 190 g/mol. The van der Waals surface area contributed by atoms with Crippen LogP contribution in [0.15, 0.2) is 12.2 Å². The van der Waals surface area contributed by atoms with Gasteiger partial charge in [-0.3, -0.25) is 0 Å². The van der Waals surface area contributed by atoms with Crippen molar-refractivity contribution in [2.75, 3.05) is 12.9 Å². The summed E-state index contributed by atoms with van der Waals surface area (Å²) in [6.45, 7) is 3.76. The fourth-order valence-electron chi connectivity index (χ4n) is 1.56. The van der Waals surface area contributed by atoms with Crippen LogP contribution in [0.1, 0.15) is 12.8 Å². The molecule has 0 aromatic rings. The van der Waals surface area contributed by atoms with Crippen molar-refractivity contribution in [2.24, 2.45) is 5.92 Å². The van der Waals surface area contributed by atoms with Gasteiger partial charge in [-0.05, 0) is 12.8 Å². The van der Waals surface area contributed by atoms with E-state index in [2.05, 4.69) is 6.58 Å². The van der Waals surface area contributed by atoms with E-state index in [1.807, 2.05) is 0 Å². The van der Waals surface area contributed by atoms with Crippen LogP contribution in [0.25, 0.3) is 0 Å². The summed E-state index contributed by atoms with van der Waals surface area (Å²) in [4.78, 5) is 0. The third kappa shape index (κ3) is 1.87. The zero-order valence-electron chi connectivity index (χ0n) is 7.16. The minimum atomic E-state index is -2.95. The lowest BCUT2D eigenvalue weighted by atomic mass is 10.1. The number of aliphatic hydroxyl groups is 1. The average molecular weight is 190 g/mol. The smallest absolute Gasteiger partial charge is 0.150 e. The van der Waals surface area contributed by atoms with Gasteiger partial charge in [0.2, 0.25) is 0 Å². The minimum absolute atomic E-state index is 0.00951. The van der Waals surface area contributed by atoms with E-state index in [0.717, 1.165) is 5.57 Å². The van der Waals surface area contributed by atoms with Gasteiger partial charge in [-0.25, -0.2) is 8.42 Å². The third-order valence-corrected chi connectivity index (χ3v) is 4.01. The summed E-state index contributed by atoms with van der Waals surface area (Å²) in [5.41, 5.74) is 0.868. The van der Waals surface area contributed by atoms with Gasteiger partial charge in [0.15, 0.2) is 9.84 Å². The molecular weight excluding hydrogens is 176 g/mol. The normalized spacial score (nSPS) is 31.0. The molecule has 1 aliphatic carbocycles. The van der Waals surface area contributed by atoms with Crippen molar-refractivity contribution in [3.63, 3.8) is 0 Å². The Morgan fingerprint density at radius 3 is 2.50 bits per heavy atom. The van der Waals surface area contributed by atoms with E-state index < -0.39 is 9.84 Å². The third-order valence-electron chi connectivity index (χ3n) is 2.44. The number of aliphatic hydroxyl groups excluding tert-OH is 1. The van der Waals surface area contributed by atoms with Crippen LogP contribution >= 0.6 is 0 Å². The molecule has 0 saturated heterocycles. The van der Waals surface area contributed by atoms with E-state index in [-0.39, 0.29) is 17.8 Å². The molecule has 2 atom stereocenters. The molecule has 70 valence electrons. The lowest BCUT2D eigenvalue weighted by molar-refractivity contribution is 0.249. The molecule has 1 aliphatic rings. The van der Waals surface area contributed by atoms with Crippen LogP contribution < -0.4 is 0 Å². The molecule has 3 nitrogen and oxygen atoms in total. The van der Waals surface area contributed by atoms with Crippen LogP contribution in [0.5, 0.6) is 0 Å². The topological polar surface area (TPSA) is 54.4 Å². The van der Waals surface area contributed by atoms with Crippen molar-refractivity contribution >= 4 is 9.84 Å². The standard InChI is InChI=1S/C8H14O3S/c1-6-3-8(12(2,10)11)4-7(6)5-9/h7-9H,1,3-5H2,2H3. The maximum atomic E-state index is 11.1. The molecule has 2 unspecified atom stereocenters. The molecule has 0 aromatic heterocycles. The van der Waals surface area contributed by atoms with Crippen LogP contribution in [-0.4, -0.2) is 31.6 Å². The predicted octanol–water partition coefficient (Wildman–Crippen LogP) is 0.358. The number of rotatable bonds is 2. The number of hydrogen-bond acceptors (Lipinski definition) is 3. The van der Waals surface area contributed by atoms with Crippen LogP contribution in [0.4, 0.5) is 0 Å². The lowest BCUT2D eigenvalue weighted by Gasteiger charge is -2.06. The SMILES string of the molecule is C=C1CC(S(C)(=O)=O)CC1CO. The average Bonchev–Trinajstić information content (AvgIpc) is 2.29. The summed E-state index contributed by atoms with van der Waals surface area (Å²) in [5.74, 6) is -0.00951. The Balaban J connectivity index is 2.73. The number of hydrogen-bond donors (Lipinski definition) is 1. The maximum Gasteiger partial charge on any atom is 0.150 e. The van der Waals surface area contributed by atoms with Crippen molar-refractivity contribution in [2.45, 2.75) is 18.1 Å². The first-order valence-corrected chi connectivity index (χ1v) is 5.88. The van der Waals surface area contributed by atoms with E-state index in [4.69, 9.17) is 5.11 Å². The molecule has 0 bridgehead atoms. The van der Waals surface area contributed by atoms with Crippen LogP contribution in [0.2, 0.25) is 0 Å². The van der Waals surface area contributed by atoms with Gasteiger partial charge in [0, 0.05) is 18.8 Å². The zero-order valence-corrected chi connectivity index (χ0v) is 7.97. The van der Waals surface area contributed by atoms with Gasteiger partial charge >= 0.3 is 0 Å². The summed E-state index contributed by atoms with van der Waals surface area (Å²) >= 11 is 0. The van der Waals surface area contributed by atoms with Gasteiger partial charge in [0.05, 0.1) is 5.25 Å². The van der Waals surface area contributed by atoms with Gasteiger partial charge in [-0.15, -0.1) is 0 Å². The summed E-state index contributed by atoms with van der Waals surface area (Å²) in [7, 11) is -2.95. The van der Waals surface area contributed by atoms with Crippen LogP contribution in [0.3, 0.4) is 0 Å². The summed E-state index contributed by atoms with van der Waals surface area (Å²) < 4.78 is 22.2. The highest BCUT2D eigenvalue weighted by molar-refractivity contribution is 7.91. The second kappa shape index (κ2) is 3.18. The Bertz CT molecular complexity index is 279.